The highest BCUT2D eigenvalue weighted by Gasteiger charge is 2.19. The van der Waals surface area contributed by atoms with Crippen LogP contribution in [0.5, 0.6) is 0 Å². The largest absolute Gasteiger partial charge is 0.381 e. The highest BCUT2D eigenvalue weighted by molar-refractivity contribution is 5.39. The SMILES string of the molecule is CNC(COC1CCOCC1)c1c(C)cc(C)cc1C. The van der Waals surface area contributed by atoms with E-state index in [0.29, 0.717) is 6.10 Å². The second-order valence-corrected chi connectivity index (χ2v) is 5.80. The van der Waals surface area contributed by atoms with Crippen molar-refractivity contribution >= 4 is 0 Å². The van der Waals surface area contributed by atoms with Gasteiger partial charge in [-0.2, -0.15) is 0 Å². The van der Waals surface area contributed by atoms with E-state index in [2.05, 4.69) is 38.2 Å². The average molecular weight is 277 g/mol. The first-order chi connectivity index (χ1) is 9.61. The van der Waals surface area contributed by atoms with E-state index in [1.165, 1.54) is 22.3 Å². The molecule has 1 aromatic rings. The summed E-state index contributed by atoms with van der Waals surface area (Å²) in [6.07, 6.45) is 2.38. The van der Waals surface area contributed by atoms with E-state index in [1.54, 1.807) is 0 Å². The van der Waals surface area contributed by atoms with Crippen molar-refractivity contribution in [1.82, 2.24) is 5.32 Å². The van der Waals surface area contributed by atoms with Gasteiger partial charge in [0.1, 0.15) is 0 Å². The first-order valence-corrected chi connectivity index (χ1v) is 7.56. The second-order valence-electron chi connectivity index (χ2n) is 5.80. The molecular formula is C17H27NO2. The topological polar surface area (TPSA) is 30.5 Å². The lowest BCUT2D eigenvalue weighted by atomic mass is 9.94. The number of hydrogen-bond donors (Lipinski definition) is 1. The standard InChI is InChI=1S/C17H27NO2/c1-12-9-13(2)17(14(3)10-12)16(18-4)11-20-15-5-7-19-8-6-15/h9-10,15-16,18H,5-8,11H2,1-4H3. The molecule has 0 saturated carbocycles. The molecule has 0 aliphatic carbocycles. The van der Waals surface area contributed by atoms with E-state index in [9.17, 15) is 0 Å². The molecule has 1 heterocycles. The summed E-state index contributed by atoms with van der Waals surface area (Å²) in [5, 5.41) is 3.40. The van der Waals surface area contributed by atoms with E-state index in [-0.39, 0.29) is 6.04 Å². The molecule has 0 aromatic heterocycles. The highest BCUT2D eigenvalue weighted by atomic mass is 16.5. The summed E-state index contributed by atoms with van der Waals surface area (Å²) in [5.41, 5.74) is 5.39. The molecule has 3 heteroatoms. The Kier molecular flexibility index (Phi) is 5.58. The summed E-state index contributed by atoms with van der Waals surface area (Å²) >= 11 is 0. The van der Waals surface area contributed by atoms with Crippen LogP contribution in [-0.4, -0.2) is 33.0 Å². The molecule has 20 heavy (non-hydrogen) atoms. The van der Waals surface area contributed by atoms with Gasteiger partial charge in [0, 0.05) is 13.2 Å². The summed E-state index contributed by atoms with van der Waals surface area (Å²) in [6, 6.07) is 4.76. The van der Waals surface area contributed by atoms with Gasteiger partial charge in [0.15, 0.2) is 0 Å². The maximum Gasteiger partial charge on any atom is 0.0665 e. The molecule has 1 atom stereocenters. The molecule has 0 radical (unpaired) electrons. The lowest BCUT2D eigenvalue weighted by Crippen LogP contribution is -2.29. The molecule has 0 amide bonds. The fourth-order valence-corrected chi connectivity index (χ4v) is 3.13. The summed E-state index contributed by atoms with van der Waals surface area (Å²) in [4.78, 5) is 0. The Labute approximate surface area is 122 Å². The zero-order valence-corrected chi connectivity index (χ0v) is 13.2. The van der Waals surface area contributed by atoms with Gasteiger partial charge in [0.05, 0.1) is 18.8 Å². The zero-order valence-electron chi connectivity index (χ0n) is 13.2. The van der Waals surface area contributed by atoms with Gasteiger partial charge in [-0.15, -0.1) is 0 Å². The second kappa shape index (κ2) is 7.21. The number of aryl methyl sites for hydroxylation is 3. The van der Waals surface area contributed by atoms with Crippen molar-refractivity contribution in [2.24, 2.45) is 0 Å². The molecule has 0 spiro atoms. The van der Waals surface area contributed by atoms with E-state index in [1.807, 2.05) is 7.05 Å². The molecule has 112 valence electrons. The minimum atomic E-state index is 0.262. The van der Waals surface area contributed by atoms with Gasteiger partial charge in [-0.25, -0.2) is 0 Å². The van der Waals surface area contributed by atoms with Crippen molar-refractivity contribution in [3.63, 3.8) is 0 Å². The van der Waals surface area contributed by atoms with Crippen molar-refractivity contribution in [1.29, 1.82) is 0 Å². The van der Waals surface area contributed by atoms with Crippen LogP contribution in [-0.2, 0) is 9.47 Å². The normalized spacial score (nSPS) is 18.2. The van der Waals surface area contributed by atoms with Crippen molar-refractivity contribution in [2.45, 2.75) is 45.8 Å². The van der Waals surface area contributed by atoms with Gasteiger partial charge in [-0.3, -0.25) is 0 Å². The Morgan fingerprint density at radius 3 is 2.35 bits per heavy atom. The molecule has 1 aliphatic heterocycles. The Hall–Kier alpha value is -0.900. The molecular weight excluding hydrogens is 250 g/mol. The van der Waals surface area contributed by atoms with Crippen LogP contribution < -0.4 is 5.32 Å². The zero-order chi connectivity index (χ0) is 14.5. The van der Waals surface area contributed by atoms with E-state index < -0.39 is 0 Å². The van der Waals surface area contributed by atoms with E-state index >= 15 is 0 Å². The number of likely N-dealkylation sites (N-methyl/N-ethyl adjacent to an activating group) is 1. The van der Waals surface area contributed by atoms with Crippen molar-refractivity contribution in [2.75, 3.05) is 26.9 Å². The molecule has 1 aliphatic rings. The van der Waals surface area contributed by atoms with Gasteiger partial charge in [0.25, 0.3) is 0 Å². The van der Waals surface area contributed by atoms with Crippen LogP contribution in [0.1, 0.15) is 41.1 Å². The van der Waals surface area contributed by atoms with Crippen LogP contribution in [0.15, 0.2) is 12.1 Å². The maximum atomic E-state index is 6.09. The highest BCUT2D eigenvalue weighted by Crippen LogP contribution is 2.24. The molecule has 0 bridgehead atoms. The first-order valence-electron chi connectivity index (χ1n) is 7.56. The lowest BCUT2D eigenvalue weighted by Gasteiger charge is -2.27. The van der Waals surface area contributed by atoms with Crippen LogP contribution in [0.2, 0.25) is 0 Å². The van der Waals surface area contributed by atoms with Crippen LogP contribution in [0.4, 0.5) is 0 Å². The van der Waals surface area contributed by atoms with Crippen molar-refractivity contribution < 1.29 is 9.47 Å². The number of nitrogens with one attached hydrogen (secondary N) is 1. The Balaban J connectivity index is 2.04. The van der Waals surface area contributed by atoms with Crippen molar-refractivity contribution in [3.8, 4) is 0 Å². The molecule has 1 unspecified atom stereocenters. The fourth-order valence-electron chi connectivity index (χ4n) is 3.13. The maximum absolute atomic E-state index is 6.09. The number of hydrogen-bond acceptors (Lipinski definition) is 3. The summed E-state index contributed by atoms with van der Waals surface area (Å²) < 4.78 is 11.5. The summed E-state index contributed by atoms with van der Waals surface area (Å²) in [7, 11) is 2.01. The van der Waals surface area contributed by atoms with Gasteiger partial charge in [-0.05, 0) is 57.4 Å². The predicted molar refractivity (Wildman–Crippen MR) is 82.2 cm³/mol. The minimum Gasteiger partial charge on any atom is -0.381 e. The first kappa shape index (κ1) is 15.5. The van der Waals surface area contributed by atoms with Crippen LogP contribution in [0.3, 0.4) is 0 Å². The average Bonchev–Trinajstić information content (AvgIpc) is 2.42. The molecule has 1 saturated heterocycles. The molecule has 1 fully saturated rings. The predicted octanol–water partition coefficient (Wildman–Crippen LogP) is 3.07. The van der Waals surface area contributed by atoms with Crippen LogP contribution >= 0.6 is 0 Å². The molecule has 2 rings (SSSR count). The number of benzene rings is 1. The van der Waals surface area contributed by atoms with E-state index in [4.69, 9.17) is 9.47 Å². The molecule has 3 nitrogen and oxygen atoms in total. The Morgan fingerprint density at radius 2 is 1.80 bits per heavy atom. The quantitative estimate of drug-likeness (QED) is 0.897. The third kappa shape index (κ3) is 3.81. The summed E-state index contributed by atoms with van der Waals surface area (Å²) in [5.74, 6) is 0. The molecule has 1 aromatic carbocycles. The Bertz CT molecular complexity index is 416. The minimum absolute atomic E-state index is 0.262. The third-order valence-corrected chi connectivity index (χ3v) is 4.10. The van der Waals surface area contributed by atoms with E-state index in [0.717, 1.165) is 32.7 Å². The van der Waals surface area contributed by atoms with Gasteiger partial charge in [-0.1, -0.05) is 17.7 Å². The smallest absolute Gasteiger partial charge is 0.0665 e. The summed E-state index contributed by atoms with van der Waals surface area (Å²) in [6.45, 7) is 8.92. The van der Waals surface area contributed by atoms with Gasteiger partial charge >= 0.3 is 0 Å². The number of rotatable bonds is 5. The number of ether oxygens (including phenoxy) is 2. The monoisotopic (exact) mass is 277 g/mol. The fraction of sp³-hybridized carbons (Fsp3) is 0.647. The van der Waals surface area contributed by atoms with Gasteiger partial charge in [0.2, 0.25) is 0 Å². The lowest BCUT2D eigenvalue weighted by molar-refractivity contribution is -0.0379. The Morgan fingerprint density at radius 1 is 1.20 bits per heavy atom. The van der Waals surface area contributed by atoms with Crippen molar-refractivity contribution in [3.05, 3.63) is 34.4 Å². The van der Waals surface area contributed by atoms with Crippen LogP contribution in [0, 0.1) is 20.8 Å². The van der Waals surface area contributed by atoms with Crippen LogP contribution in [0.25, 0.3) is 0 Å². The third-order valence-electron chi connectivity index (χ3n) is 4.10. The van der Waals surface area contributed by atoms with Gasteiger partial charge < -0.3 is 14.8 Å². The molecule has 1 N–H and O–H groups in total.